The second kappa shape index (κ2) is 5.54. The molecule has 0 bridgehead atoms. The average Bonchev–Trinajstić information content (AvgIpc) is 2.73. The summed E-state index contributed by atoms with van der Waals surface area (Å²) in [5.74, 6) is -0.335. The van der Waals surface area contributed by atoms with Crippen LogP contribution in [0.1, 0.15) is 43.0 Å². The summed E-state index contributed by atoms with van der Waals surface area (Å²) in [6, 6.07) is 3.89. The standard InChI is InChI=1S/C13H15Cl2NO3S/c1-13(4-2-3-5-13)16-12(17)9-6-10(14)8-11(7-9)20(15,18)19/h6-8H,2-5H2,1H3,(H,16,17). The van der Waals surface area contributed by atoms with E-state index in [-0.39, 0.29) is 26.9 Å². The van der Waals surface area contributed by atoms with Gasteiger partial charge in [0.1, 0.15) is 0 Å². The molecule has 7 heteroatoms. The summed E-state index contributed by atoms with van der Waals surface area (Å²) in [5.41, 5.74) is -0.0378. The maximum absolute atomic E-state index is 12.2. The van der Waals surface area contributed by atoms with Crippen LogP contribution < -0.4 is 5.32 Å². The van der Waals surface area contributed by atoms with Crippen LogP contribution in [-0.2, 0) is 9.05 Å². The molecule has 20 heavy (non-hydrogen) atoms. The highest BCUT2D eigenvalue weighted by Gasteiger charge is 2.30. The van der Waals surface area contributed by atoms with Gasteiger partial charge in [-0.15, -0.1) is 0 Å². The summed E-state index contributed by atoms with van der Waals surface area (Å²) in [4.78, 5) is 12.1. The zero-order valence-electron chi connectivity index (χ0n) is 10.9. The van der Waals surface area contributed by atoms with Gasteiger partial charge < -0.3 is 5.32 Å². The summed E-state index contributed by atoms with van der Waals surface area (Å²) in [5, 5.41) is 3.10. The van der Waals surface area contributed by atoms with E-state index in [9.17, 15) is 13.2 Å². The number of benzene rings is 1. The molecule has 1 aliphatic rings. The van der Waals surface area contributed by atoms with Gasteiger partial charge in [-0.05, 0) is 38.0 Å². The monoisotopic (exact) mass is 335 g/mol. The van der Waals surface area contributed by atoms with Crippen LogP contribution in [-0.4, -0.2) is 19.9 Å². The predicted molar refractivity (Wildman–Crippen MR) is 78.8 cm³/mol. The van der Waals surface area contributed by atoms with Crippen molar-refractivity contribution in [2.24, 2.45) is 0 Å². The Hall–Kier alpha value is -0.780. The van der Waals surface area contributed by atoms with Gasteiger partial charge in [-0.2, -0.15) is 0 Å². The van der Waals surface area contributed by atoms with Crippen molar-refractivity contribution in [1.29, 1.82) is 0 Å². The van der Waals surface area contributed by atoms with Crippen LogP contribution in [0.25, 0.3) is 0 Å². The summed E-state index contributed by atoms with van der Waals surface area (Å²) in [6.45, 7) is 1.99. The third-order valence-electron chi connectivity index (χ3n) is 3.54. The number of hydrogen-bond acceptors (Lipinski definition) is 3. The number of rotatable bonds is 3. The molecule has 0 radical (unpaired) electrons. The summed E-state index contributed by atoms with van der Waals surface area (Å²) < 4.78 is 22.7. The molecule has 1 amide bonds. The maximum atomic E-state index is 12.2. The van der Waals surface area contributed by atoms with Gasteiger partial charge in [0.25, 0.3) is 15.0 Å². The number of amides is 1. The van der Waals surface area contributed by atoms with E-state index in [1.54, 1.807) is 0 Å². The van der Waals surface area contributed by atoms with Gasteiger partial charge in [-0.25, -0.2) is 8.42 Å². The van der Waals surface area contributed by atoms with Crippen molar-refractivity contribution < 1.29 is 13.2 Å². The van der Waals surface area contributed by atoms with Gasteiger partial charge in [0.2, 0.25) is 0 Å². The van der Waals surface area contributed by atoms with Crippen LogP contribution in [0.4, 0.5) is 0 Å². The van der Waals surface area contributed by atoms with Crippen LogP contribution >= 0.6 is 22.3 Å². The van der Waals surface area contributed by atoms with E-state index in [2.05, 4.69) is 5.32 Å². The van der Waals surface area contributed by atoms with Gasteiger partial charge in [-0.3, -0.25) is 4.79 Å². The van der Waals surface area contributed by atoms with E-state index in [0.29, 0.717) is 0 Å². The Morgan fingerprint density at radius 1 is 1.25 bits per heavy atom. The topological polar surface area (TPSA) is 63.2 Å². The molecule has 1 N–H and O–H groups in total. The van der Waals surface area contributed by atoms with Crippen LogP contribution in [0.5, 0.6) is 0 Å². The number of nitrogens with one attached hydrogen (secondary N) is 1. The lowest BCUT2D eigenvalue weighted by Crippen LogP contribution is -2.43. The Labute approximate surface area is 127 Å². The fraction of sp³-hybridized carbons (Fsp3) is 0.462. The zero-order chi connectivity index (χ0) is 15.0. The molecule has 0 aromatic heterocycles. The van der Waals surface area contributed by atoms with Crippen molar-refractivity contribution >= 4 is 37.2 Å². The van der Waals surface area contributed by atoms with Crippen molar-refractivity contribution in [1.82, 2.24) is 5.32 Å². The minimum Gasteiger partial charge on any atom is -0.347 e. The summed E-state index contributed by atoms with van der Waals surface area (Å²) in [6.07, 6.45) is 3.99. The van der Waals surface area contributed by atoms with Crippen molar-refractivity contribution in [2.75, 3.05) is 0 Å². The van der Waals surface area contributed by atoms with Crippen molar-refractivity contribution in [3.8, 4) is 0 Å². The van der Waals surface area contributed by atoms with Gasteiger partial charge in [0.15, 0.2) is 0 Å². The molecule has 0 spiro atoms. The Balaban J connectivity index is 2.28. The third-order valence-corrected chi connectivity index (χ3v) is 5.09. The Bertz CT molecular complexity index is 637. The number of hydrogen-bond donors (Lipinski definition) is 1. The Morgan fingerprint density at radius 3 is 2.40 bits per heavy atom. The molecule has 4 nitrogen and oxygen atoms in total. The lowest BCUT2D eigenvalue weighted by atomic mass is 10.00. The highest BCUT2D eigenvalue weighted by Crippen LogP contribution is 2.29. The van der Waals surface area contributed by atoms with E-state index in [1.165, 1.54) is 18.2 Å². The molecule has 0 heterocycles. The number of carbonyl (C=O) groups is 1. The Morgan fingerprint density at radius 2 is 1.85 bits per heavy atom. The molecule has 1 aliphatic carbocycles. The SMILES string of the molecule is CC1(NC(=O)c2cc(Cl)cc(S(=O)(=O)Cl)c2)CCCC1. The lowest BCUT2D eigenvalue weighted by Gasteiger charge is -2.25. The predicted octanol–water partition coefficient (Wildman–Crippen LogP) is 3.33. The van der Waals surface area contributed by atoms with E-state index in [0.717, 1.165) is 25.7 Å². The minimum absolute atomic E-state index is 0.161. The summed E-state index contributed by atoms with van der Waals surface area (Å²) in [7, 11) is 1.37. The van der Waals surface area contributed by atoms with Crippen molar-refractivity contribution in [3.63, 3.8) is 0 Å². The fourth-order valence-corrected chi connectivity index (χ4v) is 3.56. The molecular weight excluding hydrogens is 321 g/mol. The van der Waals surface area contributed by atoms with Crippen molar-refractivity contribution in [2.45, 2.75) is 43.0 Å². The molecule has 1 aromatic rings. The molecule has 0 saturated heterocycles. The highest BCUT2D eigenvalue weighted by atomic mass is 35.7. The van der Waals surface area contributed by atoms with E-state index in [1.807, 2.05) is 6.92 Å². The quantitative estimate of drug-likeness (QED) is 0.861. The normalized spacial score (nSPS) is 17.9. The van der Waals surface area contributed by atoms with Gasteiger partial charge in [0, 0.05) is 26.8 Å². The molecule has 2 rings (SSSR count). The van der Waals surface area contributed by atoms with Gasteiger partial charge in [0.05, 0.1) is 4.90 Å². The second-order valence-electron chi connectivity index (χ2n) is 5.34. The first-order valence-corrected chi connectivity index (χ1v) is 8.96. The molecule has 0 atom stereocenters. The van der Waals surface area contributed by atoms with Gasteiger partial charge >= 0.3 is 0 Å². The zero-order valence-corrected chi connectivity index (χ0v) is 13.3. The van der Waals surface area contributed by atoms with E-state index < -0.39 is 9.05 Å². The van der Waals surface area contributed by atoms with E-state index >= 15 is 0 Å². The molecule has 1 saturated carbocycles. The first-order chi connectivity index (χ1) is 9.20. The summed E-state index contributed by atoms with van der Waals surface area (Å²) >= 11 is 5.85. The number of carbonyl (C=O) groups excluding carboxylic acids is 1. The second-order valence-corrected chi connectivity index (χ2v) is 8.34. The van der Waals surface area contributed by atoms with Crippen molar-refractivity contribution in [3.05, 3.63) is 28.8 Å². The maximum Gasteiger partial charge on any atom is 0.261 e. The minimum atomic E-state index is -3.92. The first-order valence-electron chi connectivity index (χ1n) is 6.27. The fourth-order valence-electron chi connectivity index (χ4n) is 2.46. The molecule has 0 aliphatic heterocycles. The molecule has 0 unspecified atom stereocenters. The van der Waals surface area contributed by atoms with Crippen LogP contribution in [0.2, 0.25) is 5.02 Å². The molecule has 1 fully saturated rings. The van der Waals surface area contributed by atoms with E-state index in [4.69, 9.17) is 22.3 Å². The van der Waals surface area contributed by atoms with Crippen LogP contribution in [0.3, 0.4) is 0 Å². The van der Waals surface area contributed by atoms with Crippen LogP contribution in [0.15, 0.2) is 23.1 Å². The largest absolute Gasteiger partial charge is 0.347 e. The third kappa shape index (κ3) is 3.65. The lowest BCUT2D eigenvalue weighted by molar-refractivity contribution is 0.0908. The molecular formula is C13H15Cl2NO3S. The van der Waals surface area contributed by atoms with Crippen LogP contribution in [0, 0.1) is 0 Å². The number of halogens is 2. The smallest absolute Gasteiger partial charge is 0.261 e. The average molecular weight is 336 g/mol. The first kappa shape index (κ1) is 15.6. The molecule has 110 valence electrons. The van der Waals surface area contributed by atoms with Gasteiger partial charge in [-0.1, -0.05) is 24.4 Å². The molecule has 1 aromatic carbocycles. The Kier molecular flexibility index (Phi) is 4.33. The highest BCUT2D eigenvalue weighted by molar-refractivity contribution is 8.13.